The van der Waals surface area contributed by atoms with Gasteiger partial charge in [0.2, 0.25) is 10.0 Å². The first kappa shape index (κ1) is 18.1. The number of nitrogens with zero attached hydrogens (tertiary/aromatic N) is 2. The number of rotatable bonds is 10. The van der Waals surface area contributed by atoms with Crippen LogP contribution in [0.2, 0.25) is 0 Å². The number of aromatic amines is 1. The van der Waals surface area contributed by atoms with Crippen molar-refractivity contribution >= 4 is 10.0 Å². The summed E-state index contributed by atoms with van der Waals surface area (Å²) in [7, 11) is -3.53. The summed E-state index contributed by atoms with van der Waals surface area (Å²) < 4.78 is 32.2. The fraction of sp³-hybridized carbons (Fsp3) is 0.769. The van der Waals surface area contributed by atoms with Crippen molar-refractivity contribution in [3.63, 3.8) is 0 Å². The molecule has 0 spiro atoms. The molecule has 0 saturated carbocycles. The van der Waals surface area contributed by atoms with E-state index < -0.39 is 10.0 Å². The molecular formula is C13H26N4O3S. The van der Waals surface area contributed by atoms with E-state index in [0.29, 0.717) is 24.6 Å². The predicted octanol–water partition coefficient (Wildman–Crippen LogP) is 0.663. The van der Waals surface area contributed by atoms with Gasteiger partial charge < -0.3 is 9.64 Å². The van der Waals surface area contributed by atoms with Crippen LogP contribution in [0.3, 0.4) is 0 Å². The van der Waals surface area contributed by atoms with Crippen molar-refractivity contribution in [2.45, 2.75) is 32.6 Å². The van der Waals surface area contributed by atoms with Crippen molar-refractivity contribution in [1.82, 2.24) is 19.8 Å². The first-order chi connectivity index (χ1) is 9.92. The molecule has 0 aromatic carbocycles. The lowest BCUT2D eigenvalue weighted by Crippen LogP contribution is -2.30. The molecule has 0 unspecified atom stereocenters. The van der Waals surface area contributed by atoms with Crippen LogP contribution in [-0.2, 0) is 14.8 Å². The minimum absolute atomic E-state index is 0.227. The van der Waals surface area contributed by atoms with Gasteiger partial charge in [0.1, 0.15) is 4.90 Å². The van der Waals surface area contributed by atoms with Gasteiger partial charge in [-0.05, 0) is 26.9 Å². The largest absolute Gasteiger partial charge is 0.379 e. The molecule has 1 aromatic rings. The summed E-state index contributed by atoms with van der Waals surface area (Å²) in [6, 6.07) is 0. The maximum atomic E-state index is 12.1. The van der Waals surface area contributed by atoms with Crippen LogP contribution in [0.1, 0.15) is 25.2 Å². The second kappa shape index (κ2) is 8.47. The van der Waals surface area contributed by atoms with Crippen LogP contribution in [0.5, 0.6) is 0 Å². The Hall–Kier alpha value is -0.960. The van der Waals surface area contributed by atoms with Crippen molar-refractivity contribution in [3.05, 3.63) is 11.4 Å². The average molecular weight is 318 g/mol. The first-order valence-electron chi connectivity index (χ1n) is 7.23. The van der Waals surface area contributed by atoms with E-state index in [1.807, 2.05) is 0 Å². The SMILES string of the molecule is CCN(CC)CCOCCNS(=O)(=O)c1c(C)n[nH]c1C. The monoisotopic (exact) mass is 318 g/mol. The topological polar surface area (TPSA) is 87.3 Å². The van der Waals surface area contributed by atoms with Crippen molar-refractivity contribution in [3.8, 4) is 0 Å². The fourth-order valence-corrected chi connectivity index (χ4v) is 3.47. The van der Waals surface area contributed by atoms with E-state index in [0.717, 1.165) is 19.6 Å². The Bertz CT molecular complexity index is 504. The van der Waals surface area contributed by atoms with Crippen molar-refractivity contribution in [1.29, 1.82) is 0 Å². The molecule has 0 aliphatic rings. The number of sulfonamides is 1. The number of hydrogen-bond donors (Lipinski definition) is 2. The van der Waals surface area contributed by atoms with E-state index in [1.165, 1.54) is 0 Å². The second-order valence-corrected chi connectivity index (χ2v) is 6.50. The number of aromatic nitrogens is 2. The number of H-pyrrole nitrogens is 1. The first-order valence-corrected chi connectivity index (χ1v) is 8.72. The number of aryl methyl sites for hydroxylation is 2. The fourth-order valence-electron chi connectivity index (χ4n) is 2.09. The molecule has 1 heterocycles. The van der Waals surface area contributed by atoms with Crippen LogP contribution < -0.4 is 4.72 Å². The smallest absolute Gasteiger partial charge is 0.244 e. The molecule has 0 bridgehead atoms. The van der Waals surface area contributed by atoms with E-state index in [1.54, 1.807) is 13.8 Å². The maximum absolute atomic E-state index is 12.1. The Labute approximate surface area is 127 Å². The van der Waals surface area contributed by atoms with Crippen LogP contribution in [0.25, 0.3) is 0 Å². The molecule has 0 atom stereocenters. The molecule has 1 rings (SSSR count). The Morgan fingerprint density at radius 3 is 2.43 bits per heavy atom. The molecule has 0 amide bonds. The van der Waals surface area contributed by atoms with Crippen LogP contribution in [0.15, 0.2) is 4.90 Å². The normalized spacial score (nSPS) is 12.2. The molecule has 1 aromatic heterocycles. The summed E-state index contributed by atoms with van der Waals surface area (Å²) in [5.41, 5.74) is 1.02. The van der Waals surface area contributed by atoms with Gasteiger partial charge >= 0.3 is 0 Å². The second-order valence-electron chi connectivity index (χ2n) is 4.80. The van der Waals surface area contributed by atoms with Gasteiger partial charge in [0, 0.05) is 13.1 Å². The molecule has 0 aliphatic carbocycles. The third-order valence-electron chi connectivity index (χ3n) is 3.31. The van der Waals surface area contributed by atoms with E-state index >= 15 is 0 Å². The van der Waals surface area contributed by atoms with E-state index in [4.69, 9.17) is 4.74 Å². The van der Waals surface area contributed by atoms with Crippen LogP contribution in [0.4, 0.5) is 0 Å². The minimum atomic E-state index is -3.53. The van der Waals surface area contributed by atoms with Crippen LogP contribution in [0, 0.1) is 13.8 Å². The van der Waals surface area contributed by atoms with Gasteiger partial charge in [0.15, 0.2) is 0 Å². The molecule has 0 saturated heterocycles. The highest BCUT2D eigenvalue weighted by atomic mass is 32.2. The van der Waals surface area contributed by atoms with E-state index in [-0.39, 0.29) is 11.4 Å². The standard InChI is InChI=1S/C13H26N4O3S/c1-5-17(6-2)8-10-20-9-7-14-21(18,19)13-11(3)15-16-12(13)4/h14H,5-10H2,1-4H3,(H,15,16). The lowest BCUT2D eigenvalue weighted by atomic mass is 10.4. The zero-order valence-corrected chi connectivity index (χ0v) is 14.1. The van der Waals surface area contributed by atoms with Crippen LogP contribution >= 0.6 is 0 Å². The van der Waals surface area contributed by atoms with Gasteiger partial charge in [-0.15, -0.1) is 0 Å². The van der Waals surface area contributed by atoms with Gasteiger partial charge in [-0.3, -0.25) is 5.10 Å². The highest BCUT2D eigenvalue weighted by Gasteiger charge is 2.21. The van der Waals surface area contributed by atoms with E-state index in [9.17, 15) is 8.42 Å². The Morgan fingerprint density at radius 2 is 1.90 bits per heavy atom. The lowest BCUT2D eigenvalue weighted by molar-refractivity contribution is 0.111. The van der Waals surface area contributed by atoms with Gasteiger partial charge in [-0.25, -0.2) is 13.1 Å². The molecule has 2 N–H and O–H groups in total. The van der Waals surface area contributed by atoms with Crippen LogP contribution in [-0.4, -0.2) is 62.9 Å². The molecule has 21 heavy (non-hydrogen) atoms. The quantitative estimate of drug-likeness (QED) is 0.619. The molecule has 0 fully saturated rings. The van der Waals surface area contributed by atoms with Crippen molar-refractivity contribution in [2.75, 3.05) is 39.4 Å². The third-order valence-corrected chi connectivity index (χ3v) is 5.04. The molecular weight excluding hydrogens is 292 g/mol. The summed E-state index contributed by atoms with van der Waals surface area (Å²) in [5, 5.41) is 6.57. The summed E-state index contributed by atoms with van der Waals surface area (Å²) in [5.74, 6) is 0. The molecule has 8 heteroatoms. The maximum Gasteiger partial charge on any atom is 0.244 e. The minimum Gasteiger partial charge on any atom is -0.379 e. The lowest BCUT2D eigenvalue weighted by Gasteiger charge is -2.17. The van der Waals surface area contributed by atoms with E-state index in [2.05, 4.69) is 33.7 Å². The predicted molar refractivity (Wildman–Crippen MR) is 81.9 cm³/mol. The molecule has 0 radical (unpaired) electrons. The zero-order chi connectivity index (χ0) is 15.9. The van der Waals surface area contributed by atoms with Gasteiger partial charge in [0.25, 0.3) is 0 Å². The van der Waals surface area contributed by atoms with Crippen molar-refractivity contribution < 1.29 is 13.2 Å². The van der Waals surface area contributed by atoms with Gasteiger partial charge in [-0.2, -0.15) is 5.10 Å². The Morgan fingerprint density at radius 1 is 1.24 bits per heavy atom. The summed E-state index contributed by atoms with van der Waals surface area (Å²) >= 11 is 0. The number of likely N-dealkylation sites (N-methyl/N-ethyl adjacent to an activating group) is 1. The highest BCUT2D eigenvalue weighted by molar-refractivity contribution is 7.89. The summed E-state index contributed by atoms with van der Waals surface area (Å²) in [6.45, 7) is 11.6. The Balaban J connectivity index is 2.33. The number of ether oxygens (including phenoxy) is 1. The molecule has 0 aliphatic heterocycles. The molecule has 7 nitrogen and oxygen atoms in total. The average Bonchev–Trinajstić information content (AvgIpc) is 2.78. The highest BCUT2D eigenvalue weighted by Crippen LogP contribution is 2.15. The Kier molecular flexibility index (Phi) is 7.30. The molecule has 122 valence electrons. The van der Waals surface area contributed by atoms with Gasteiger partial charge in [0.05, 0.1) is 24.6 Å². The summed E-state index contributed by atoms with van der Waals surface area (Å²) in [4.78, 5) is 2.48. The third kappa shape index (κ3) is 5.39. The number of nitrogens with one attached hydrogen (secondary N) is 2. The van der Waals surface area contributed by atoms with Gasteiger partial charge in [-0.1, -0.05) is 13.8 Å². The number of hydrogen-bond acceptors (Lipinski definition) is 5. The summed E-state index contributed by atoms with van der Waals surface area (Å²) in [6.07, 6.45) is 0. The van der Waals surface area contributed by atoms with Crippen molar-refractivity contribution in [2.24, 2.45) is 0 Å². The zero-order valence-electron chi connectivity index (χ0n) is 13.3.